The number of ether oxygens (including phenoxy) is 1. The van der Waals surface area contributed by atoms with Gasteiger partial charge >= 0.3 is 5.97 Å². The first-order chi connectivity index (χ1) is 9.11. The van der Waals surface area contributed by atoms with Crippen molar-refractivity contribution in [3.8, 4) is 0 Å². The monoisotopic (exact) mass is 260 g/mol. The van der Waals surface area contributed by atoms with E-state index < -0.39 is 5.97 Å². The molecule has 6 nitrogen and oxygen atoms in total. The summed E-state index contributed by atoms with van der Waals surface area (Å²) < 4.78 is 4.71. The van der Waals surface area contributed by atoms with Crippen LogP contribution in [0.3, 0.4) is 0 Å². The number of nitrogens with one attached hydrogen (secondary N) is 2. The van der Waals surface area contributed by atoms with Crippen molar-refractivity contribution in [3.05, 3.63) is 41.2 Å². The molecule has 0 bridgehead atoms. The molecule has 0 saturated carbocycles. The molecule has 100 valence electrons. The lowest BCUT2D eigenvalue weighted by Gasteiger charge is -2.11. The molecule has 0 aliphatic rings. The second-order valence-electron chi connectivity index (χ2n) is 4.18. The lowest BCUT2D eigenvalue weighted by molar-refractivity contribution is 0.0602. The number of benzene rings is 1. The van der Waals surface area contributed by atoms with Crippen molar-refractivity contribution in [2.24, 2.45) is 0 Å². The lowest BCUT2D eigenvalue weighted by atomic mass is 10.1. The largest absolute Gasteiger partial charge is 0.465 e. The van der Waals surface area contributed by atoms with Crippen LogP contribution in [0.25, 0.3) is 0 Å². The van der Waals surface area contributed by atoms with E-state index >= 15 is 0 Å². The maximum Gasteiger partial charge on any atom is 0.340 e. The number of H-pyrrole nitrogens is 1. The number of nitrogen functional groups attached to an aromatic ring is 1. The number of nitrogens with zero attached hydrogens (tertiary/aromatic N) is 1. The Morgan fingerprint density at radius 1 is 1.53 bits per heavy atom. The van der Waals surface area contributed by atoms with Gasteiger partial charge in [-0.2, -0.15) is 5.10 Å². The maximum absolute atomic E-state index is 11.6. The number of carbonyl (C=O) groups excluding carboxylic acids is 1. The first-order valence-corrected chi connectivity index (χ1v) is 5.82. The molecule has 0 amide bonds. The lowest BCUT2D eigenvalue weighted by Crippen LogP contribution is -2.09. The van der Waals surface area contributed by atoms with Gasteiger partial charge in [0, 0.05) is 17.6 Å². The number of aromatic amines is 1. The summed E-state index contributed by atoms with van der Waals surface area (Å²) in [6.07, 6.45) is 1.69. The molecule has 0 fully saturated rings. The van der Waals surface area contributed by atoms with Gasteiger partial charge < -0.3 is 15.8 Å². The number of rotatable bonds is 4. The number of esters is 1. The number of aromatic nitrogens is 2. The Balaban J connectivity index is 2.21. The zero-order valence-electron chi connectivity index (χ0n) is 10.9. The zero-order valence-corrected chi connectivity index (χ0v) is 10.9. The standard InChI is InChI=1S/C13H16N4O2/c1-8-5-10(15-7-9-3-4-16-17-9)6-11(12(8)14)13(18)19-2/h3-6,15H,7,14H2,1-2H3,(H,16,17). The van der Waals surface area contributed by atoms with Crippen LogP contribution in [-0.4, -0.2) is 23.3 Å². The van der Waals surface area contributed by atoms with Crippen molar-refractivity contribution in [2.45, 2.75) is 13.5 Å². The number of hydrogen-bond acceptors (Lipinski definition) is 5. The van der Waals surface area contributed by atoms with Crippen LogP contribution in [-0.2, 0) is 11.3 Å². The Kier molecular flexibility index (Phi) is 3.70. The minimum absolute atomic E-state index is 0.370. The second-order valence-corrected chi connectivity index (χ2v) is 4.18. The van der Waals surface area contributed by atoms with Gasteiger partial charge in [0.05, 0.1) is 24.9 Å². The predicted octanol–water partition coefficient (Wildman–Crippen LogP) is 1.70. The molecule has 0 radical (unpaired) electrons. The Hall–Kier alpha value is -2.50. The summed E-state index contributed by atoms with van der Waals surface area (Å²) in [7, 11) is 1.34. The quantitative estimate of drug-likeness (QED) is 0.574. The minimum atomic E-state index is -0.439. The van der Waals surface area contributed by atoms with Crippen LogP contribution in [0.15, 0.2) is 24.4 Å². The molecule has 19 heavy (non-hydrogen) atoms. The number of carbonyl (C=O) groups is 1. The van der Waals surface area contributed by atoms with Crippen LogP contribution in [0, 0.1) is 6.92 Å². The number of aryl methyl sites for hydroxylation is 1. The third-order valence-corrected chi connectivity index (χ3v) is 2.83. The van der Waals surface area contributed by atoms with Crippen LogP contribution in [0.1, 0.15) is 21.6 Å². The first kappa shape index (κ1) is 12.9. The van der Waals surface area contributed by atoms with Gasteiger partial charge in [0.2, 0.25) is 0 Å². The summed E-state index contributed by atoms with van der Waals surface area (Å²) in [6.45, 7) is 2.44. The van der Waals surface area contributed by atoms with Gasteiger partial charge in [-0.3, -0.25) is 5.10 Å². The predicted molar refractivity (Wildman–Crippen MR) is 72.8 cm³/mol. The Bertz CT molecular complexity index is 579. The average molecular weight is 260 g/mol. The average Bonchev–Trinajstić information content (AvgIpc) is 2.92. The van der Waals surface area contributed by atoms with Gasteiger partial charge in [-0.05, 0) is 30.7 Å². The SMILES string of the molecule is COC(=O)c1cc(NCc2ccn[nH]2)cc(C)c1N. The van der Waals surface area contributed by atoms with Gasteiger partial charge in [0.1, 0.15) is 0 Å². The van der Waals surface area contributed by atoms with Crippen molar-refractivity contribution < 1.29 is 9.53 Å². The summed E-state index contributed by atoms with van der Waals surface area (Å²) in [4.78, 5) is 11.6. The molecule has 2 aromatic rings. The molecule has 0 unspecified atom stereocenters. The van der Waals surface area contributed by atoms with Crippen molar-refractivity contribution in [3.63, 3.8) is 0 Å². The highest BCUT2D eigenvalue weighted by Crippen LogP contribution is 2.23. The Labute approximate surface area is 111 Å². The van der Waals surface area contributed by atoms with E-state index in [-0.39, 0.29) is 0 Å². The topological polar surface area (TPSA) is 93.0 Å². The molecule has 0 spiro atoms. The van der Waals surface area contributed by atoms with Gasteiger partial charge in [-0.1, -0.05) is 0 Å². The molecule has 2 rings (SSSR count). The van der Waals surface area contributed by atoms with E-state index in [1.54, 1.807) is 12.3 Å². The highest BCUT2D eigenvalue weighted by Gasteiger charge is 2.13. The van der Waals surface area contributed by atoms with Crippen LogP contribution < -0.4 is 11.1 Å². The molecule has 6 heteroatoms. The van der Waals surface area contributed by atoms with Crippen molar-refractivity contribution in [2.75, 3.05) is 18.2 Å². The summed E-state index contributed by atoms with van der Waals surface area (Å²) in [5, 5.41) is 9.92. The number of nitrogens with two attached hydrogens (primary N) is 1. The zero-order chi connectivity index (χ0) is 13.8. The highest BCUT2D eigenvalue weighted by atomic mass is 16.5. The number of methoxy groups -OCH3 is 1. The minimum Gasteiger partial charge on any atom is -0.465 e. The second kappa shape index (κ2) is 5.43. The van der Waals surface area contributed by atoms with Crippen LogP contribution >= 0.6 is 0 Å². The van der Waals surface area contributed by atoms with Crippen LogP contribution in [0.4, 0.5) is 11.4 Å². The van der Waals surface area contributed by atoms with E-state index in [1.807, 2.05) is 19.1 Å². The molecule has 0 aliphatic carbocycles. The summed E-state index contributed by atoms with van der Waals surface area (Å²) in [5.41, 5.74) is 9.28. The van der Waals surface area contributed by atoms with Gasteiger partial charge in [0.15, 0.2) is 0 Å². The van der Waals surface area contributed by atoms with Gasteiger partial charge in [-0.25, -0.2) is 4.79 Å². The Morgan fingerprint density at radius 3 is 2.95 bits per heavy atom. The van der Waals surface area contributed by atoms with Crippen LogP contribution in [0.2, 0.25) is 0 Å². The molecule has 0 aliphatic heterocycles. The first-order valence-electron chi connectivity index (χ1n) is 5.82. The van der Waals surface area contributed by atoms with E-state index in [1.165, 1.54) is 7.11 Å². The fourth-order valence-electron chi connectivity index (χ4n) is 1.76. The van der Waals surface area contributed by atoms with Crippen molar-refractivity contribution >= 4 is 17.3 Å². The van der Waals surface area contributed by atoms with Crippen molar-refractivity contribution in [1.29, 1.82) is 0 Å². The van der Waals surface area contributed by atoms with Crippen molar-refractivity contribution in [1.82, 2.24) is 10.2 Å². The van der Waals surface area contributed by atoms with Gasteiger partial charge in [0.25, 0.3) is 0 Å². The van der Waals surface area contributed by atoms with E-state index in [4.69, 9.17) is 10.5 Å². The summed E-state index contributed by atoms with van der Waals surface area (Å²) >= 11 is 0. The van der Waals surface area contributed by atoms with E-state index in [2.05, 4.69) is 15.5 Å². The fraction of sp³-hybridized carbons (Fsp3) is 0.231. The fourth-order valence-corrected chi connectivity index (χ4v) is 1.76. The molecular weight excluding hydrogens is 244 g/mol. The number of hydrogen-bond donors (Lipinski definition) is 3. The highest BCUT2D eigenvalue weighted by molar-refractivity contribution is 5.97. The van der Waals surface area contributed by atoms with E-state index in [0.717, 1.165) is 16.9 Å². The molecule has 0 atom stereocenters. The summed E-state index contributed by atoms with van der Waals surface area (Å²) in [5.74, 6) is -0.439. The van der Waals surface area contributed by atoms with Gasteiger partial charge in [-0.15, -0.1) is 0 Å². The molecular formula is C13H16N4O2. The molecule has 1 aromatic heterocycles. The normalized spacial score (nSPS) is 10.2. The Morgan fingerprint density at radius 2 is 2.32 bits per heavy atom. The van der Waals surface area contributed by atoms with E-state index in [0.29, 0.717) is 17.8 Å². The molecule has 0 saturated heterocycles. The smallest absolute Gasteiger partial charge is 0.340 e. The third kappa shape index (κ3) is 2.85. The third-order valence-electron chi connectivity index (χ3n) is 2.83. The molecule has 1 heterocycles. The van der Waals surface area contributed by atoms with E-state index in [9.17, 15) is 4.79 Å². The molecule has 4 N–H and O–H groups in total. The molecule has 1 aromatic carbocycles. The summed E-state index contributed by atoms with van der Waals surface area (Å²) in [6, 6.07) is 5.45. The maximum atomic E-state index is 11.6. The number of anilines is 2. The van der Waals surface area contributed by atoms with Crippen LogP contribution in [0.5, 0.6) is 0 Å².